The fourth-order valence-electron chi connectivity index (χ4n) is 6.53. The molecular formula is C27H38N4O4. The molecule has 1 aromatic heterocycles. The Hall–Kier alpha value is -2.48. The molecule has 4 aliphatic rings. The van der Waals surface area contributed by atoms with Crippen LogP contribution in [-0.2, 0) is 19.9 Å². The highest BCUT2D eigenvalue weighted by Crippen LogP contribution is 2.41. The second kappa shape index (κ2) is 10.6. The molecule has 4 fully saturated rings. The number of nitrogens with zero attached hydrogens (tertiary/aromatic N) is 3. The smallest absolute Gasteiger partial charge is 0.325 e. The lowest BCUT2D eigenvalue weighted by atomic mass is 9.75. The summed E-state index contributed by atoms with van der Waals surface area (Å²) in [7, 11) is 0. The third-order valence-electron chi connectivity index (χ3n) is 8.56. The molecule has 8 nitrogen and oxygen atoms in total. The number of likely N-dealkylation sites (tertiary alicyclic amines) is 1. The van der Waals surface area contributed by atoms with E-state index in [1.807, 2.05) is 23.1 Å². The number of hydrogen-bond donors (Lipinski definition) is 1. The number of aromatic nitrogens is 1. The lowest BCUT2D eigenvalue weighted by Crippen LogP contribution is -2.54. The van der Waals surface area contributed by atoms with Gasteiger partial charge in [0.2, 0.25) is 5.91 Å². The number of pyridine rings is 1. The molecule has 0 radical (unpaired) electrons. The van der Waals surface area contributed by atoms with Gasteiger partial charge >= 0.3 is 6.03 Å². The van der Waals surface area contributed by atoms with Crippen molar-refractivity contribution >= 4 is 17.8 Å². The van der Waals surface area contributed by atoms with Crippen molar-refractivity contribution in [1.82, 2.24) is 20.1 Å². The van der Waals surface area contributed by atoms with E-state index in [1.54, 1.807) is 6.20 Å². The van der Waals surface area contributed by atoms with Gasteiger partial charge in [0.15, 0.2) is 5.54 Å². The number of hydrogen-bond acceptors (Lipinski definition) is 5. The molecule has 0 aromatic carbocycles. The molecule has 3 saturated heterocycles. The van der Waals surface area contributed by atoms with Crippen molar-refractivity contribution in [2.75, 3.05) is 26.2 Å². The van der Waals surface area contributed by atoms with Crippen molar-refractivity contribution in [3.8, 4) is 0 Å². The van der Waals surface area contributed by atoms with Gasteiger partial charge in [-0.05, 0) is 50.2 Å². The summed E-state index contributed by atoms with van der Waals surface area (Å²) >= 11 is 0. The standard InChI is InChI=1S/C27H38N4O4/c32-24(12-11-20-7-2-1-3-8-20)30-16-13-21(14-17-30)27(23-10-4-5-15-28-23)25(33)31(26(34)29-27)19-22-9-6-18-35-22/h4-5,10,15,20-22H,1-3,6-9,11-14,16-19H2,(H,29,34)/t22-,27+/m0/s1. The summed E-state index contributed by atoms with van der Waals surface area (Å²) in [5, 5.41) is 3.06. The van der Waals surface area contributed by atoms with Gasteiger partial charge in [-0.2, -0.15) is 0 Å². The van der Waals surface area contributed by atoms with Crippen LogP contribution in [0.1, 0.15) is 76.3 Å². The van der Waals surface area contributed by atoms with E-state index in [9.17, 15) is 14.4 Å². The molecule has 4 amide bonds. The van der Waals surface area contributed by atoms with Crippen LogP contribution in [0.5, 0.6) is 0 Å². The Morgan fingerprint density at radius 3 is 2.54 bits per heavy atom. The molecule has 8 heteroatoms. The van der Waals surface area contributed by atoms with E-state index < -0.39 is 5.54 Å². The molecule has 0 bridgehead atoms. The zero-order valence-electron chi connectivity index (χ0n) is 20.6. The third kappa shape index (κ3) is 4.95. The second-order valence-electron chi connectivity index (χ2n) is 10.7. The monoisotopic (exact) mass is 482 g/mol. The third-order valence-corrected chi connectivity index (χ3v) is 8.56. The van der Waals surface area contributed by atoms with Gasteiger partial charge in [0.05, 0.1) is 18.3 Å². The predicted octanol–water partition coefficient (Wildman–Crippen LogP) is 3.61. The van der Waals surface area contributed by atoms with Crippen LogP contribution in [0.2, 0.25) is 0 Å². The summed E-state index contributed by atoms with van der Waals surface area (Å²) in [5.41, 5.74) is -0.607. The maximum absolute atomic E-state index is 13.9. The summed E-state index contributed by atoms with van der Waals surface area (Å²) < 4.78 is 5.70. The van der Waals surface area contributed by atoms with Crippen molar-refractivity contribution in [2.24, 2.45) is 11.8 Å². The molecule has 35 heavy (non-hydrogen) atoms. The van der Waals surface area contributed by atoms with E-state index in [1.165, 1.54) is 37.0 Å². The van der Waals surface area contributed by atoms with Crippen LogP contribution in [0.15, 0.2) is 24.4 Å². The zero-order chi connectivity index (χ0) is 24.3. The van der Waals surface area contributed by atoms with Gasteiger partial charge in [-0.3, -0.25) is 19.5 Å². The van der Waals surface area contributed by atoms with Crippen LogP contribution in [0, 0.1) is 11.8 Å². The lowest BCUT2D eigenvalue weighted by molar-refractivity contribution is -0.137. The quantitative estimate of drug-likeness (QED) is 0.600. The van der Waals surface area contributed by atoms with Crippen molar-refractivity contribution in [3.05, 3.63) is 30.1 Å². The van der Waals surface area contributed by atoms with Gasteiger partial charge in [0.1, 0.15) is 0 Å². The number of urea groups is 1. The van der Waals surface area contributed by atoms with Crippen LogP contribution in [-0.4, -0.2) is 65.0 Å². The van der Waals surface area contributed by atoms with E-state index in [2.05, 4.69) is 10.3 Å². The fraction of sp³-hybridized carbons (Fsp3) is 0.704. The number of rotatable bonds is 7. The Kier molecular flexibility index (Phi) is 7.37. The van der Waals surface area contributed by atoms with Crippen molar-refractivity contribution in [1.29, 1.82) is 0 Å². The normalized spacial score (nSPS) is 28.5. The Labute approximate surface area is 207 Å². The average Bonchev–Trinajstić information content (AvgIpc) is 3.51. The Bertz CT molecular complexity index is 905. The SMILES string of the molecule is O=C(CCC1CCCCC1)N1CCC([C@]2(c3ccccn3)NC(=O)N(C[C@@H]3CCCO3)C2=O)CC1. The van der Waals surface area contributed by atoms with Gasteiger partial charge < -0.3 is 15.0 Å². The molecule has 1 saturated carbocycles. The number of piperidine rings is 1. The first-order chi connectivity index (χ1) is 17.1. The summed E-state index contributed by atoms with van der Waals surface area (Å²) in [6.45, 7) is 2.17. The average molecular weight is 483 g/mol. The van der Waals surface area contributed by atoms with Crippen LogP contribution in [0.3, 0.4) is 0 Å². The highest BCUT2D eigenvalue weighted by Gasteiger charge is 2.58. The Morgan fingerprint density at radius 1 is 1.06 bits per heavy atom. The molecule has 5 rings (SSSR count). The van der Waals surface area contributed by atoms with Gasteiger partial charge in [-0.25, -0.2) is 4.79 Å². The number of amides is 4. The molecule has 0 spiro atoms. The molecular weight excluding hydrogens is 444 g/mol. The highest BCUT2D eigenvalue weighted by atomic mass is 16.5. The van der Waals surface area contributed by atoms with Crippen LogP contribution >= 0.6 is 0 Å². The van der Waals surface area contributed by atoms with Gasteiger partial charge in [0.25, 0.3) is 5.91 Å². The number of carbonyl (C=O) groups excluding carboxylic acids is 3. The predicted molar refractivity (Wildman–Crippen MR) is 130 cm³/mol. The number of nitrogens with one attached hydrogen (secondary N) is 1. The minimum atomic E-state index is -1.19. The lowest BCUT2D eigenvalue weighted by Gasteiger charge is -2.40. The van der Waals surface area contributed by atoms with Crippen molar-refractivity contribution in [3.63, 3.8) is 0 Å². The molecule has 3 aliphatic heterocycles. The largest absolute Gasteiger partial charge is 0.376 e. The second-order valence-corrected chi connectivity index (χ2v) is 10.7. The summed E-state index contributed by atoms with van der Waals surface area (Å²) in [6.07, 6.45) is 12.7. The van der Waals surface area contributed by atoms with Crippen LogP contribution < -0.4 is 5.32 Å². The fourth-order valence-corrected chi connectivity index (χ4v) is 6.53. The summed E-state index contributed by atoms with van der Waals surface area (Å²) in [5.74, 6) is 0.561. The van der Waals surface area contributed by atoms with E-state index in [4.69, 9.17) is 4.74 Å². The van der Waals surface area contributed by atoms with E-state index in [-0.39, 0.29) is 36.4 Å². The molecule has 190 valence electrons. The van der Waals surface area contributed by atoms with Crippen LogP contribution in [0.25, 0.3) is 0 Å². The summed E-state index contributed by atoms with van der Waals surface area (Å²) in [4.78, 5) is 47.7. The van der Waals surface area contributed by atoms with Crippen molar-refractivity contribution < 1.29 is 19.1 Å². The Balaban J connectivity index is 1.27. The van der Waals surface area contributed by atoms with Crippen LogP contribution in [0.4, 0.5) is 4.79 Å². The topological polar surface area (TPSA) is 91.8 Å². The summed E-state index contributed by atoms with van der Waals surface area (Å²) in [6, 6.07) is 5.13. The van der Waals surface area contributed by atoms with E-state index in [0.717, 1.165) is 19.3 Å². The zero-order valence-corrected chi connectivity index (χ0v) is 20.6. The minimum Gasteiger partial charge on any atom is -0.376 e. The number of imide groups is 1. The molecule has 1 aromatic rings. The first-order valence-corrected chi connectivity index (χ1v) is 13.5. The molecule has 4 heterocycles. The van der Waals surface area contributed by atoms with Gasteiger partial charge in [-0.15, -0.1) is 0 Å². The van der Waals surface area contributed by atoms with E-state index >= 15 is 0 Å². The van der Waals surface area contributed by atoms with E-state index in [0.29, 0.717) is 50.6 Å². The molecule has 1 N–H and O–H groups in total. The number of ether oxygens (including phenoxy) is 1. The highest BCUT2D eigenvalue weighted by molar-refractivity contribution is 6.07. The van der Waals surface area contributed by atoms with Gasteiger partial charge in [0, 0.05) is 38.2 Å². The van der Waals surface area contributed by atoms with Gasteiger partial charge in [-0.1, -0.05) is 38.2 Å². The minimum absolute atomic E-state index is 0.104. The Morgan fingerprint density at radius 2 is 1.86 bits per heavy atom. The maximum atomic E-state index is 13.9. The molecule has 0 unspecified atom stereocenters. The first-order valence-electron chi connectivity index (χ1n) is 13.5. The van der Waals surface area contributed by atoms with Crippen molar-refractivity contribution in [2.45, 2.75) is 82.3 Å². The first kappa shape index (κ1) is 24.2. The number of carbonyl (C=O) groups is 3. The molecule has 2 atom stereocenters. The molecule has 1 aliphatic carbocycles. The maximum Gasteiger partial charge on any atom is 0.325 e.